The van der Waals surface area contributed by atoms with Crippen LogP contribution in [0.2, 0.25) is 0 Å². The Hall–Kier alpha value is -0.170. The summed E-state index contributed by atoms with van der Waals surface area (Å²) in [7, 11) is -3.52. The molecule has 0 atom stereocenters. The molecule has 108 valence electrons. The summed E-state index contributed by atoms with van der Waals surface area (Å²) < 4.78 is 29.0. The molecule has 1 saturated carbocycles. The van der Waals surface area contributed by atoms with Crippen LogP contribution >= 0.6 is 0 Å². The Kier molecular flexibility index (Phi) is 5.58. The zero-order chi connectivity index (χ0) is 13.8. The Balaban J connectivity index is 2.62. The first-order valence-corrected chi connectivity index (χ1v) is 8.16. The van der Waals surface area contributed by atoms with E-state index in [0.717, 1.165) is 12.8 Å². The van der Waals surface area contributed by atoms with Gasteiger partial charge < -0.3 is 5.11 Å². The van der Waals surface area contributed by atoms with Crippen LogP contribution in [0.4, 0.5) is 0 Å². The van der Waals surface area contributed by atoms with Gasteiger partial charge in [0, 0.05) is 6.54 Å². The molecular formula is C12H26N2O3S. The molecule has 0 amide bonds. The molecule has 6 heteroatoms. The molecule has 3 N–H and O–H groups in total. The Labute approximate surface area is 111 Å². The minimum absolute atomic E-state index is 0.137. The number of rotatable bonds is 6. The van der Waals surface area contributed by atoms with E-state index in [0.29, 0.717) is 25.3 Å². The van der Waals surface area contributed by atoms with Gasteiger partial charge in [-0.25, -0.2) is 4.72 Å². The van der Waals surface area contributed by atoms with Crippen LogP contribution in [-0.2, 0) is 10.2 Å². The van der Waals surface area contributed by atoms with Crippen LogP contribution in [0.3, 0.4) is 0 Å². The summed E-state index contributed by atoms with van der Waals surface area (Å²) in [6.07, 6.45) is 3.31. The molecule has 1 rings (SSSR count). The van der Waals surface area contributed by atoms with Gasteiger partial charge in [0.15, 0.2) is 0 Å². The standard InChI is InChI=1S/C12H26N2O3S/c1-10(2)8-13-18(16,17)14-12(9-15)6-4-11(3)5-7-12/h10-11,13-15H,4-9H2,1-3H3. The smallest absolute Gasteiger partial charge is 0.277 e. The molecule has 0 heterocycles. The fourth-order valence-electron chi connectivity index (χ4n) is 2.20. The third-order valence-corrected chi connectivity index (χ3v) is 4.81. The molecule has 1 aliphatic rings. The summed E-state index contributed by atoms with van der Waals surface area (Å²) in [6, 6.07) is 0. The largest absolute Gasteiger partial charge is 0.394 e. The lowest BCUT2D eigenvalue weighted by Crippen LogP contribution is -2.56. The molecule has 0 aliphatic heterocycles. The second-order valence-corrected chi connectivity index (χ2v) is 7.47. The first-order chi connectivity index (χ1) is 8.29. The van der Waals surface area contributed by atoms with Gasteiger partial charge in [0.05, 0.1) is 12.1 Å². The Morgan fingerprint density at radius 3 is 2.33 bits per heavy atom. The van der Waals surface area contributed by atoms with Gasteiger partial charge in [0.25, 0.3) is 10.2 Å². The van der Waals surface area contributed by atoms with Crippen LogP contribution < -0.4 is 9.44 Å². The van der Waals surface area contributed by atoms with Crippen LogP contribution in [0.5, 0.6) is 0 Å². The van der Waals surface area contributed by atoms with Crippen LogP contribution in [0.1, 0.15) is 46.5 Å². The lowest BCUT2D eigenvalue weighted by atomic mass is 9.78. The molecule has 0 aromatic carbocycles. The predicted molar refractivity (Wildman–Crippen MR) is 72.3 cm³/mol. The number of nitrogens with one attached hydrogen (secondary N) is 2. The van der Waals surface area contributed by atoms with E-state index >= 15 is 0 Å². The Morgan fingerprint density at radius 1 is 1.33 bits per heavy atom. The van der Waals surface area contributed by atoms with E-state index in [1.807, 2.05) is 13.8 Å². The van der Waals surface area contributed by atoms with Crippen molar-refractivity contribution in [1.29, 1.82) is 0 Å². The van der Waals surface area contributed by atoms with Crippen LogP contribution in [-0.4, -0.2) is 32.2 Å². The number of aliphatic hydroxyl groups excluding tert-OH is 1. The number of aliphatic hydroxyl groups is 1. The van der Waals surface area contributed by atoms with Crippen molar-refractivity contribution in [2.75, 3.05) is 13.2 Å². The van der Waals surface area contributed by atoms with Crippen molar-refractivity contribution in [2.24, 2.45) is 11.8 Å². The third-order valence-electron chi connectivity index (χ3n) is 3.57. The zero-order valence-corrected chi connectivity index (χ0v) is 12.4. The molecule has 1 aliphatic carbocycles. The highest BCUT2D eigenvalue weighted by Crippen LogP contribution is 2.31. The maximum atomic E-state index is 11.9. The predicted octanol–water partition coefficient (Wildman–Crippen LogP) is 1.01. The van der Waals surface area contributed by atoms with Gasteiger partial charge in [-0.15, -0.1) is 0 Å². The summed E-state index contributed by atoms with van der Waals surface area (Å²) in [5, 5.41) is 9.51. The van der Waals surface area contributed by atoms with E-state index in [1.54, 1.807) is 0 Å². The topological polar surface area (TPSA) is 78.4 Å². The molecule has 18 heavy (non-hydrogen) atoms. The van der Waals surface area contributed by atoms with Gasteiger partial charge in [0.1, 0.15) is 0 Å². The normalized spacial score (nSPS) is 29.7. The molecule has 0 spiro atoms. The van der Waals surface area contributed by atoms with Crippen molar-refractivity contribution in [3.8, 4) is 0 Å². The molecular weight excluding hydrogens is 252 g/mol. The van der Waals surface area contributed by atoms with Crippen molar-refractivity contribution >= 4 is 10.2 Å². The highest BCUT2D eigenvalue weighted by atomic mass is 32.2. The Morgan fingerprint density at radius 2 is 1.89 bits per heavy atom. The highest BCUT2D eigenvalue weighted by molar-refractivity contribution is 7.87. The van der Waals surface area contributed by atoms with Crippen molar-refractivity contribution in [1.82, 2.24) is 9.44 Å². The van der Waals surface area contributed by atoms with Gasteiger partial charge in [-0.05, 0) is 37.5 Å². The molecule has 0 aromatic heterocycles. The molecule has 0 aromatic rings. The quantitative estimate of drug-likeness (QED) is 0.678. The number of hydrogen-bond acceptors (Lipinski definition) is 3. The van der Waals surface area contributed by atoms with Gasteiger partial charge in [-0.3, -0.25) is 0 Å². The molecule has 0 radical (unpaired) electrons. The second-order valence-electron chi connectivity index (χ2n) is 5.97. The third kappa shape index (κ3) is 4.84. The summed E-state index contributed by atoms with van der Waals surface area (Å²) in [5.41, 5.74) is -0.671. The van der Waals surface area contributed by atoms with E-state index in [1.165, 1.54) is 0 Å². The Bertz CT molecular complexity index is 346. The lowest BCUT2D eigenvalue weighted by Gasteiger charge is -2.38. The summed E-state index contributed by atoms with van der Waals surface area (Å²) >= 11 is 0. The van der Waals surface area contributed by atoms with Gasteiger partial charge in [-0.1, -0.05) is 20.8 Å². The van der Waals surface area contributed by atoms with E-state index in [-0.39, 0.29) is 12.5 Å². The maximum Gasteiger partial charge on any atom is 0.277 e. The first kappa shape index (κ1) is 15.9. The summed E-state index contributed by atoms with van der Waals surface area (Å²) in [4.78, 5) is 0. The van der Waals surface area contributed by atoms with Gasteiger partial charge in [0.2, 0.25) is 0 Å². The van der Waals surface area contributed by atoms with Crippen molar-refractivity contribution in [2.45, 2.75) is 52.0 Å². The SMILES string of the molecule is CC(C)CNS(=O)(=O)NC1(CO)CCC(C)CC1. The minimum Gasteiger partial charge on any atom is -0.394 e. The first-order valence-electron chi connectivity index (χ1n) is 6.68. The van der Waals surface area contributed by atoms with E-state index in [2.05, 4.69) is 16.4 Å². The average Bonchev–Trinajstić information content (AvgIpc) is 2.30. The van der Waals surface area contributed by atoms with Gasteiger partial charge in [-0.2, -0.15) is 13.1 Å². The zero-order valence-electron chi connectivity index (χ0n) is 11.6. The molecule has 5 nitrogen and oxygen atoms in total. The van der Waals surface area contributed by atoms with E-state index < -0.39 is 15.7 Å². The fraction of sp³-hybridized carbons (Fsp3) is 1.00. The van der Waals surface area contributed by atoms with Crippen LogP contribution in [0, 0.1) is 11.8 Å². The van der Waals surface area contributed by atoms with Crippen LogP contribution in [0.15, 0.2) is 0 Å². The van der Waals surface area contributed by atoms with E-state index in [4.69, 9.17) is 0 Å². The highest BCUT2D eigenvalue weighted by Gasteiger charge is 2.37. The molecule has 1 fully saturated rings. The molecule has 0 saturated heterocycles. The van der Waals surface area contributed by atoms with Crippen molar-refractivity contribution in [3.63, 3.8) is 0 Å². The van der Waals surface area contributed by atoms with E-state index in [9.17, 15) is 13.5 Å². The maximum absolute atomic E-state index is 11.9. The van der Waals surface area contributed by atoms with Crippen LogP contribution in [0.25, 0.3) is 0 Å². The monoisotopic (exact) mass is 278 g/mol. The molecule has 0 bridgehead atoms. The average molecular weight is 278 g/mol. The van der Waals surface area contributed by atoms with Gasteiger partial charge >= 0.3 is 0 Å². The fourth-order valence-corrected chi connectivity index (χ4v) is 3.67. The van der Waals surface area contributed by atoms with Crippen molar-refractivity contribution < 1.29 is 13.5 Å². The summed E-state index contributed by atoms with van der Waals surface area (Å²) in [5.74, 6) is 0.871. The summed E-state index contributed by atoms with van der Waals surface area (Å²) in [6.45, 7) is 6.33. The van der Waals surface area contributed by atoms with Crippen molar-refractivity contribution in [3.05, 3.63) is 0 Å². The number of hydrogen-bond donors (Lipinski definition) is 3. The molecule has 0 unspecified atom stereocenters. The lowest BCUT2D eigenvalue weighted by molar-refractivity contribution is 0.125. The second kappa shape index (κ2) is 6.32. The minimum atomic E-state index is -3.52.